The standard InChI is InChI=1S/C24H37N5O3S/c1-18(2)33(31,32)29(4)23-16-21(15-22(27-23)28(3)17-20-10-11-20)24(30)26-14-6-13-25-12-5-7-19-8-9-19/h15-16,18-20,25H,6,8-14,17H2,1-4H3,(H,26,30). The SMILES string of the molecule is CC(C)S(=O)(=O)N(C)c1cc(C(=O)NCCCNCC#CC2CC2)cc(N(C)CC2CC2)n1. The highest BCUT2D eigenvalue weighted by Crippen LogP contribution is 2.31. The van der Waals surface area contributed by atoms with E-state index < -0.39 is 15.3 Å². The number of aromatic nitrogens is 1. The Morgan fingerprint density at radius 3 is 2.48 bits per heavy atom. The Morgan fingerprint density at radius 1 is 1.15 bits per heavy atom. The van der Waals surface area contributed by atoms with Crippen LogP contribution in [0.25, 0.3) is 0 Å². The molecule has 2 aliphatic carbocycles. The Bertz CT molecular complexity index is 991. The van der Waals surface area contributed by atoms with E-state index in [0.29, 0.717) is 36.3 Å². The highest BCUT2D eigenvalue weighted by Gasteiger charge is 2.27. The molecule has 33 heavy (non-hydrogen) atoms. The molecule has 0 aliphatic heterocycles. The predicted molar refractivity (Wildman–Crippen MR) is 133 cm³/mol. The van der Waals surface area contributed by atoms with Crippen LogP contribution in [0.4, 0.5) is 11.6 Å². The second kappa shape index (κ2) is 11.2. The number of carbonyl (C=O) groups is 1. The quantitative estimate of drug-likeness (QED) is 0.356. The van der Waals surface area contributed by atoms with Crippen molar-refractivity contribution in [2.45, 2.75) is 51.2 Å². The lowest BCUT2D eigenvalue weighted by molar-refractivity contribution is 0.0953. The van der Waals surface area contributed by atoms with Crippen LogP contribution < -0.4 is 19.8 Å². The maximum atomic E-state index is 12.9. The number of amides is 1. The minimum Gasteiger partial charge on any atom is -0.359 e. The van der Waals surface area contributed by atoms with Crippen molar-refractivity contribution in [3.63, 3.8) is 0 Å². The molecule has 182 valence electrons. The van der Waals surface area contributed by atoms with Crippen LogP contribution in [0.2, 0.25) is 0 Å². The van der Waals surface area contributed by atoms with Crippen LogP contribution in [-0.4, -0.2) is 64.8 Å². The fourth-order valence-corrected chi connectivity index (χ4v) is 4.30. The summed E-state index contributed by atoms with van der Waals surface area (Å²) in [5.74, 6) is 8.21. The van der Waals surface area contributed by atoms with Crippen LogP contribution >= 0.6 is 0 Å². The first-order valence-corrected chi connectivity index (χ1v) is 13.4. The third-order valence-corrected chi connectivity index (χ3v) is 8.04. The minimum absolute atomic E-state index is 0.233. The summed E-state index contributed by atoms with van der Waals surface area (Å²) in [5.41, 5.74) is 0.409. The van der Waals surface area contributed by atoms with Gasteiger partial charge in [-0.1, -0.05) is 11.8 Å². The topological polar surface area (TPSA) is 94.6 Å². The van der Waals surface area contributed by atoms with E-state index in [0.717, 1.165) is 19.5 Å². The van der Waals surface area contributed by atoms with Gasteiger partial charge in [-0.05, 0) is 70.5 Å². The number of anilines is 2. The summed E-state index contributed by atoms with van der Waals surface area (Å²) < 4.78 is 26.6. The Hall–Kier alpha value is -2.31. The van der Waals surface area contributed by atoms with Crippen LogP contribution in [0.3, 0.4) is 0 Å². The molecule has 1 amide bonds. The summed E-state index contributed by atoms with van der Waals surface area (Å²) in [5, 5.41) is 5.62. The van der Waals surface area contributed by atoms with Crippen LogP contribution in [0.1, 0.15) is 56.3 Å². The number of nitrogens with zero attached hydrogens (tertiary/aromatic N) is 3. The minimum atomic E-state index is -3.56. The zero-order chi connectivity index (χ0) is 24.0. The zero-order valence-corrected chi connectivity index (χ0v) is 21.0. The van der Waals surface area contributed by atoms with Crippen molar-refractivity contribution in [1.82, 2.24) is 15.6 Å². The summed E-state index contributed by atoms with van der Waals surface area (Å²) in [6, 6.07) is 3.29. The van der Waals surface area contributed by atoms with Gasteiger partial charge in [0.1, 0.15) is 11.6 Å². The molecule has 3 rings (SSSR count). The van der Waals surface area contributed by atoms with Gasteiger partial charge in [-0.3, -0.25) is 9.10 Å². The van der Waals surface area contributed by atoms with E-state index in [4.69, 9.17) is 0 Å². The molecule has 2 saturated carbocycles. The van der Waals surface area contributed by atoms with Crippen LogP contribution in [-0.2, 0) is 10.0 Å². The van der Waals surface area contributed by atoms with E-state index in [1.54, 1.807) is 26.0 Å². The molecule has 1 aromatic rings. The van der Waals surface area contributed by atoms with Gasteiger partial charge in [0.15, 0.2) is 0 Å². The third-order valence-electron chi connectivity index (χ3n) is 5.89. The van der Waals surface area contributed by atoms with Gasteiger partial charge in [0.25, 0.3) is 5.91 Å². The van der Waals surface area contributed by atoms with Crippen LogP contribution in [0.15, 0.2) is 12.1 Å². The number of rotatable bonds is 12. The summed E-state index contributed by atoms with van der Waals surface area (Å²) in [4.78, 5) is 19.4. The van der Waals surface area contributed by atoms with E-state index in [-0.39, 0.29) is 11.7 Å². The molecule has 8 nitrogen and oxygen atoms in total. The van der Waals surface area contributed by atoms with Crippen molar-refractivity contribution in [3.05, 3.63) is 17.7 Å². The molecule has 2 fully saturated rings. The number of nitrogens with one attached hydrogen (secondary N) is 2. The first-order valence-electron chi connectivity index (χ1n) is 11.9. The smallest absolute Gasteiger partial charge is 0.251 e. The number of hydrogen-bond acceptors (Lipinski definition) is 6. The van der Waals surface area contributed by atoms with Crippen molar-refractivity contribution >= 4 is 27.6 Å². The molecule has 0 aromatic carbocycles. The van der Waals surface area contributed by atoms with Crippen molar-refractivity contribution < 1.29 is 13.2 Å². The van der Waals surface area contributed by atoms with Gasteiger partial charge in [-0.25, -0.2) is 13.4 Å². The molecule has 1 heterocycles. The molecular weight excluding hydrogens is 438 g/mol. The van der Waals surface area contributed by atoms with Crippen molar-refractivity contribution in [3.8, 4) is 11.8 Å². The zero-order valence-electron chi connectivity index (χ0n) is 20.2. The summed E-state index contributed by atoms with van der Waals surface area (Å²) in [6.07, 6.45) is 5.63. The summed E-state index contributed by atoms with van der Waals surface area (Å²) >= 11 is 0. The molecule has 2 N–H and O–H groups in total. The van der Waals surface area contributed by atoms with Crippen LogP contribution in [0, 0.1) is 23.7 Å². The molecule has 0 atom stereocenters. The molecule has 9 heteroatoms. The molecular formula is C24H37N5O3S. The second-order valence-electron chi connectivity index (χ2n) is 9.34. The monoisotopic (exact) mass is 475 g/mol. The Kier molecular flexibility index (Phi) is 8.60. The second-order valence-corrected chi connectivity index (χ2v) is 11.9. The summed E-state index contributed by atoms with van der Waals surface area (Å²) in [7, 11) is -0.139. The van der Waals surface area contributed by atoms with E-state index in [9.17, 15) is 13.2 Å². The lowest BCUT2D eigenvalue weighted by Crippen LogP contribution is -2.34. The number of carbonyl (C=O) groups excluding carboxylic acids is 1. The number of pyridine rings is 1. The molecule has 0 spiro atoms. The first-order chi connectivity index (χ1) is 15.7. The van der Waals surface area contributed by atoms with Gasteiger partial charge >= 0.3 is 0 Å². The van der Waals surface area contributed by atoms with Gasteiger partial charge < -0.3 is 15.5 Å². The maximum absolute atomic E-state index is 12.9. The molecule has 0 unspecified atom stereocenters. The predicted octanol–water partition coefficient (Wildman–Crippen LogP) is 2.23. The van der Waals surface area contributed by atoms with Crippen molar-refractivity contribution in [2.75, 3.05) is 49.5 Å². The first kappa shape index (κ1) is 25.3. The Morgan fingerprint density at radius 2 is 1.85 bits per heavy atom. The highest BCUT2D eigenvalue weighted by atomic mass is 32.2. The average molecular weight is 476 g/mol. The Balaban J connectivity index is 1.63. The molecule has 0 radical (unpaired) electrons. The Labute approximate surface area is 198 Å². The molecule has 0 bridgehead atoms. The number of hydrogen-bond donors (Lipinski definition) is 2. The van der Waals surface area contributed by atoms with Gasteiger partial charge in [0, 0.05) is 38.7 Å². The molecule has 0 saturated heterocycles. The van der Waals surface area contributed by atoms with Crippen molar-refractivity contribution in [1.29, 1.82) is 0 Å². The van der Waals surface area contributed by atoms with E-state index >= 15 is 0 Å². The lowest BCUT2D eigenvalue weighted by Gasteiger charge is -2.24. The fraction of sp³-hybridized carbons (Fsp3) is 0.667. The van der Waals surface area contributed by atoms with Gasteiger partial charge in [-0.2, -0.15) is 0 Å². The summed E-state index contributed by atoms with van der Waals surface area (Å²) in [6.45, 7) is 6.07. The van der Waals surface area contributed by atoms with Gasteiger partial charge in [0.2, 0.25) is 10.0 Å². The normalized spacial score (nSPS) is 15.7. The highest BCUT2D eigenvalue weighted by molar-refractivity contribution is 7.93. The van der Waals surface area contributed by atoms with Gasteiger partial charge in [-0.15, -0.1) is 0 Å². The third kappa shape index (κ3) is 7.61. The van der Waals surface area contributed by atoms with Crippen molar-refractivity contribution in [2.24, 2.45) is 11.8 Å². The largest absolute Gasteiger partial charge is 0.359 e. The lowest BCUT2D eigenvalue weighted by atomic mass is 10.2. The van der Waals surface area contributed by atoms with E-state index in [1.165, 1.54) is 37.0 Å². The van der Waals surface area contributed by atoms with E-state index in [2.05, 4.69) is 27.5 Å². The fourth-order valence-electron chi connectivity index (χ4n) is 3.31. The van der Waals surface area contributed by atoms with Crippen LogP contribution in [0.5, 0.6) is 0 Å². The number of sulfonamides is 1. The van der Waals surface area contributed by atoms with E-state index in [1.807, 2.05) is 11.9 Å². The average Bonchev–Trinajstić information content (AvgIpc) is 3.70. The van der Waals surface area contributed by atoms with Gasteiger partial charge in [0.05, 0.1) is 11.8 Å². The maximum Gasteiger partial charge on any atom is 0.251 e. The molecule has 2 aliphatic rings. The molecule has 1 aromatic heterocycles.